The molecule has 0 bridgehead atoms. The van der Waals surface area contributed by atoms with E-state index in [2.05, 4.69) is 10.3 Å². The van der Waals surface area contributed by atoms with Crippen molar-refractivity contribution in [1.29, 1.82) is 0 Å². The molecule has 0 aliphatic carbocycles. The first-order valence-electron chi connectivity index (χ1n) is 5.11. The van der Waals surface area contributed by atoms with Gasteiger partial charge in [0, 0.05) is 24.2 Å². The molecule has 15 heavy (non-hydrogen) atoms. The van der Waals surface area contributed by atoms with E-state index in [0.717, 1.165) is 11.7 Å². The van der Waals surface area contributed by atoms with Gasteiger partial charge in [-0.3, -0.25) is 4.79 Å². The third-order valence-electron chi connectivity index (χ3n) is 1.97. The van der Waals surface area contributed by atoms with Crippen LogP contribution >= 0.6 is 11.3 Å². The number of likely N-dealkylation sites (N-methyl/N-ethyl adjacent to an activating group) is 2. The average molecular weight is 227 g/mol. The van der Waals surface area contributed by atoms with Gasteiger partial charge in [0.1, 0.15) is 0 Å². The van der Waals surface area contributed by atoms with Crippen molar-refractivity contribution in [2.24, 2.45) is 0 Å². The quantitative estimate of drug-likeness (QED) is 0.827. The molecule has 0 fully saturated rings. The number of carbonyl (C=O) groups excluding carboxylic acids is 1. The molecule has 0 saturated carbocycles. The molecule has 0 aliphatic rings. The van der Waals surface area contributed by atoms with Crippen LogP contribution in [0, 0.1) is 6.92 Å². The van der Waals surface area contributed by atoms with Crippen LogP contribution in [0.3, 0.4) is 0 Å². The molecule has 1 amide bonds. The van der Waals surface area contributed by atoms with Gasteiger partial charge in [-0.05, 0) is 20.8 Å². The Morgan fingerprint density at radius 2 is 2.33 bits per heavy atom. The summed E-state index contributed by atoms with van der Waals surface area (Å²) in [5.74, 6) is 0.0483. The molecule has 84 valence electrons. The minimum absolute atomic E-state index is 0.0483. The molecule has 0 unspecified atom stereocenters. The van der Waals surface area contributed by atoms with E-state index in [0.29, 0.717) is 13.1 Å². The summed E-state index contributed by atoms with van der Waals surface area (Å²) in [4.78, 5) is 18.8. The van der Waals surface area contributed by atoms with Crippen LogP contribution in [0.25, 0.3) is 0 Å². The Bertz CT molecular complexity index is 324. The number of carbonyl (C=O) groups is 1. The van der Waals surface area contributed by atoms with Crippen LogP contribution < -0.4 is 10.2 Å². The van der Waals surface area contributed by atoms with E-state index in [1.54, 1.807) is 11.3 Å². The maximum absolute atomic E-state index is 11.4. The molecule has 1 N–H and O–H groups in total. The minimum Gasteiger partial charge on any atom is -0.355 e. The summed E-state index contributed by atoms with van der Waals surface area (Å²) in [6.45, 7) is 7.81. The predicted octanol–water partition coefficient (Wildman–Crippen LogP) is 1.41. The van der Waals surface area contributed by atoms with Gasteiger partial charge in [-0.15, -0.1) is 11.3 Å². The van der Waals surface area contributed by atoms with E-state index in [4.69, 9.17) is 0 Å². The highest BCUT2D eigenvalue weighted by molar-refractivity contribution is 7.15. The van der Waals surface area contributed by atoms with Crippen LogP contribution in [-0.4, -0.2) is 30.5 Å². The summed E-state index contributed by atoms with van der Waals surface area (Å²) >= 11 is 1.62. The highest BCUT2D eigenvalue weighted by Crippen LogP contribution is 2.20. The number of nitrogens with zero attached hydrogens (tertiary/aromatic N) is 2. The number of rotatable bonds is 5. The van der Waals surface area contributed by atoms with Crippen molar-refractivity contribution < 1.29 is 4.79 Å². The molecule has 1 rings (SSSR count). The zero-order valence-electron chi connectivity index (χ0n) is 9.41. The Labute approximate surface area is 94.3 Å². The summed E-state index contributed by atoms with van der Waals surface area (Å²) in [6, 6.07) is 0. The maximum atomic E-state index is 11.4. The molecule has 0 aromatic carbocycles. The standard InChI is InChI=1S/C10H17N3OS/c1-4-11-9(14)7-13(5-2)10-12-6-8(3)15-10/h6H,4-5,7H2,1-3H3,(H,11,14). The van der Waals surface area contributed by atoms with Gasteiger partial charge in [-0.25, -0.2) is 4.98 Å². The van der Waals surface area contributed by atoms with Crippen molar-refractivity contribution in [2.45, 2.75) is 20.8 Å². The van der Waals surface area contributed by atoms with Gasteiger partial charge in [-0.1, -0.05) is 0 Å². The number of aryl methyl sites for hydroxylation is 1. The molecule has 1 aromatic heterocycles. The Kier molecular flexibility index (Phi) is 4.55. The van der Waals surface area contributed by atoms with E-state index in [1.165, 1.54) is 4.88 Å². The molecular weight excluding hydrogens is 210 g/mol. The second kappa shape index (κ2) is 5.70. The van der Waals surface area contributed by atoms with Crippen LogP contribution in [0.5, 0.6) is 0 Å². The normalized spacial score (nSPS) is 10.1. The number of thiazole rings is 1. The van der Waals surface area contributed by atoms with Crippen molar-refractivity contribution in [1.82, 2.24) is 10.3 Å². The topological polar surface area (TPSA) is 45.2 Å². The lowest BCUT2D eigenvalue weighted by atomic mass is 10.5. The number of aromatic nitrogens is 1. The van der Waals surface area contributed by atoms with Crippen LogP contribution in [-0.2, 0) is 4.79 Å². The summed E-state index contributed by atoms with van der Waals surface area (Å²) in [7, 11) is 0. The fourth-order valence-corrected chi connectivity index (χ4v) is 2.05. The van der Waals surface area contributed by atoms with Crippen molar-refractivity contribution >= 4 is 22.4 Å². The molecular formula is C10H17N3OS. The van der Waals surface area contributed by atoms with Crippen molar-refractivity contribution in [2.75, 3.05) is 24.5 Å². The third-order valence-corrected chi connectivity index (χ3v) is 2.94. The molecule has 4 nitrogen and oxygen atoms in total. The lowest BCUT2D eigenvalue weighted by Gasteiger charge is -2.18. The number of hydrogen-bond donors (Lipinski definition) is 1. The van der Waals surface area contributed by atoms with Gasteiger partial charge in [-0.2, -0.15) is 0 Å². The van der Waals surface area contributed by atoms with Crippen LogP contribution in [0.15, 0.2) is 6.20 Å². The van der Waals surface area contributed by atoms with Crippen LogP contribution in [0.4, 0.5) is 5.13 Å². The van der Waals surface area contributed by atoms with E-state index in [-0.39, 0.29) is 5.91 Å². The number of amides is 1. The van der Waals surface area contributed by atoms with Crippen LogP contribution in [0.1, 0.15) is 18.7 Å². The summed E-state index contributed by atoms with van der Waals surface area (Å²) in [6.07, 6.45) is 1.83. The van der Waals surface area contributed by atoms with E-state index in [9.17, 15) is 4.79 Å². The smallest absolute Gasteiger partial charge is 0.239 e. The van der Waals surface area contributed by atoms with Gasteiger partial charge < -0.3 is 10.2 Å². The summed E-state index contributed by atoms with van der Waals surface area (Å²) in [5.41, 5.74) is 0. The monoisotopic (exact) mass is 227 g/mol. The highest BCUT2D eigenvalue weighted by Gasteiger charge is 2.11. The zero-order valence-corrected chi connectivity index (χ0v) is 10.2. The largest absolute Gasteiger partial charge is 0.355 e. The van der Waals surface area contributed by atoms with Gasteiger partial charge in [0.25, 0.3) is 0 Å². The van der Waals surface area contributed by atoms with E-state index in [1.807, 2.05) is 31.9 Å². The molecule has 0 atom stereocenters. The lowest BCUT2D eigenvalue weighted by molar-refractivity contribution is -0.119. The average Bonchev–Trinajstić information content (AvgIpc) is 2.61. The van der Waals surface area contributed by atoms with Gasteiger partial charge in [0.15, 0.2) is 5.13 Å². The fraction of sp³-hybridized carbons (Fsp3) is 0.600. The van der Waals surface area contributed by atoms with E-state index < -0.39 is 0 Å². The molecule has 0 spiro atoms. The lowest BCUT2D eigenvalue weighted by Crippen LogP contribution is -2.37. The maximum Gasteiger partial charge on any atom is 0.239 e. The van der Waals surface area contributed by atoms with Crippen LogP contribution in [0.2, 0.25) is 0 Å². The number of nitrogens with one attached hydrogen (secondary N) is 1. The molecule has 5 heteroatoms. The Hall–Kier alpha value is -1.10. The van der Waals surface area contributed by atoms with Gasteiger partial charge >= 0.3 is 0 Å². The second-order valence-electron chi connectivity index (χ2n) is 3.22. The molecule has 0 saturated heterocycles. The zero-order chi connectivity index (χ0) is 11.3. The first-order valence-corrected chi connectivity index (χ1v) is 5.93. The Balaban J connectivity index is 2.60. The molecule has 0 aliphatic heterocycles. The molecule has 1 heterocycles. The first kappa shape index (κ1) is 12.0. The predicted molar refractivity (Wildman–Crippen MR) is 63.4 cm³/mol. The molecule has 0 radical (unpaired) electrons. The fourth-order valence-electron chi connectivity index (χ4n) is 1.23. The third kappa shape index (κ3) is 3.51. The Morgan fingerprint density at radius 1 is 1.60 bits per heavy atom. The first-order chi connectivity index (χ1) is 7.17. The molecule has 1 aromatic rings. The summed E-state index contributed by atoms with van der Waals surface area (Å²) < 4.78 is 0. The van der Waals surface area contributed by atoms with Crippen molar-refractivity contribution in [3.63, 3.8) is 0 Å². The van der Waals surface area contributed by atoms with Gasteiger partial charge in [0.2, 0.25) is 5.91 Å². The summed E-state index contributed by atoms with van der Waals surface area (Å²) in [5, 5.41) is 3.70. The highest BCUT2D eigenvalue weighted by atomic mass is 32.1. The number of hydrogen-bond acceptors (Lipinski definition) is 4. The van der Waals surface area contributed by atoms with Crippen molar-refractivity contribution in [3.05, 3.63) is 11.1 Å². The second-order valence-corrected chi connectivity index (χ2v) is 4.43. The minimum atomic E-state index is 0.0483. The van der Waals surface area contributed by atoms with E-state index >= 15 is 0 Å². The van der Waals surface area contributed by atoms with Gasteiger partial charge in [0.05, 0.1) is 6.54 Å². The van der Waals surface area contributed by atoms with Crippen molar-refractivity contribution in [3.8, 4) is 0 Å². The SMILES string of the molecule is CCNC(=O)CN(CC)c1ncc(C)s1. The Morgan fingerprint density at radius 3 is 2.80 bits per heavy atom. The number of anilines is 1.